The van der Waals surface area contributed by atoms with Crippen molar-refractivity contribution in [2.45, 2.75) is 17.7 Å². The lowest BCUT2D eigenvalue weighted by Crippen LogP contribution is -2.25. The number of methoxy groups -OCH3 is 1. The standard InChI is InChI=1S/C20H20N4O3S/c1-27-16-8-10-17(11-9-16)28(25,26)23-19-12-13-20(22-21-19)24-14-4-6-15-5-2-3-7-18(15)24/h2-3,5,7-13H,4,6,14H2,1H3,(H,21,23). The van der Waals surface area contributed by atoms with Crippen LogP contribution in [-0.2, 0) is 16.4 Å². The second kappa shape index (κ2) is 7.47. The largest absolute Gasteiger partial charge is 0.497 e. The lowest BCUT2D eigenvalue weighted by Gasteiger charge is -2.29. The fourth-order valence-electron chi connectivity index (χ4n) is 3.25. The van der Waals surface area contributed by atoms with Crippen molar-refractivity contribution in [3.63, 3.8) is 0 Å². The zero-order valence-corrected chi connectivity index (χ0v) is 16.2. The van der Waals surface area contributed by atoms with E-state index in [1.807, 2.05) is 12.1 Å². The van der Waals surface area contributed by atoms with Gasteiger partial charge in [0, 0.05) is 12.2 Å². The van der Waals surface area contributed by atoms with Crippen LogP contribution in [0.4, 0.5) is 17.3 Å². The summed E-state index contributed by atoms with van der Waals surface area (Å²) in [6.07, 6.45) is 2.07. The summed E-state index contributed by atoms with van der Waals surface area (Å²) in [6.45, 7) is 0.850. The van der Waals surface area contributed by atoms with Gasteiger partial charge in [-0.1, -0.05) is 18.2 Å². The van der Waals surface area contributed by atoms with E-state index in [4.69, 9.17) is 4.74 Å². The molecule has 0 spiro atoms. The van der Waals surface area contributed by atoms with Gasteiger partial charge in [-0.25, -0.2) is 8.42 Å². The first kappa shape index (κ1) is 18.2. The van der Waals surface area contributed by atoms with Gasteiger partial charge in [-0.15, -0.1) is 10.2 Å². The third-order valence-electron chi connectivity index (χ3n) is 4.65. The predicted molar refractivity (Wildman–Crippen MR) is 108 cm³/mol. The van der Waals surface area contributed by atoms with E-state index in [1.54, 1.807) is 24.3 Å². The van der Waals surface area contributed by atoms with E-state index in [-0.39, 0.29) is 10.7 Å². The number of aromatic nitrogens is 2. The topological polar surface area (TPSA) is 84.4 Å². The van der Waals surface area contributed by atoms with Gasteiger partial charge in [0.15, 0.2) is 11.6 Å². The highest BCUT2D eigenvalue weighted by Crippen LogP contribution is 2.32. The zero-order chi connectivity index (χ0) is 19.6. The number of sulfonamides is 1. The quantitative estimate of drug-likeness (QED) is 0.712. The Kier molecular flexibility index (Phi) is 4.87. The number of anilines is 3. The number of hydrogen-bond acceptors (Lipinski definition) is 6. The van der Waals surface area contributed by atoms with Crippen molar-refractivity contribution in [2.24, 2.45) is 0 Å². The number of hydrogen-bond donors (Lipinski definition) is 1. The second-order valence-corrected chi connectivity index (χ2v) is 8.12. The monoisotopic (exact) mass is 396 g/mol. The summed E-state index contributed by atoms with van der Waals surface area (Å²) in [6, 6.07) is 17.8. The highest BCUT2D eigenvalue weighted by Gasteiger charge is 2.20. The van der Waals surface area contributed by atoms with Gasteiger partial charge in [0.05, 0.1) is 12.0 Å². The SMILES string of the molecule is COc1ccc(S(=O)(=O)Nc2ccc(N3CCCc4ccccc43)nn2)cc1. The highest BCUT2D eigenvalue weighted by molar-refractivity contribution is 7.92. The van der Waals surface area contributed by atoms with Crippen LogP contribution >= 0.6 is 0 Å². The van der Waals surface area contributed by atoms with Crippen LogP contribution < -0.4 is 14.4 Å². The van der Waals surface area contributed by atoms with E-state index in [0.717, 1.165) is 25.1 Å². The van der Waals surface area contributed by atoms with Crippen molar-refractivity contribution < 1.29 is 13.2 Å². The van der Waals surface area contributed by atoms with Gasteiger partial charge in [0.25, 0.3) is 10.0 Å². The van der Waals surface area contributed by atoms with Crippen molar-refractivity contribution in [3.8, 4) is 5.75 Å². The molecule has 0 fully saturated rings. The summed E-state index contributed by atoms with van der Waals surface area (Å²) < 4.78 is 32.6. The number of rotatable bonds is 5. The number of nitrogens with one attached hydrogen (secondary N) is 1. The molecule has 0 amide bonds. The summed E-state index contributed by atoms with van der Waals surface area (Å²) in [5, 5.41) is 8.30. The van der Waals surface area contributed by atoms with E-state index in [0.29, 0.717) is 11.6 Å². The number of aryl methyl sites for hydroxylation is 1. The van der Waals surface area contributed by atoms with Crippen molar-refractivity contribution in [1.82, 2.24) is 10.2 Å². The second-order valence-electron chi connectivity index (χ2n) is 6.44. The molecule has 2 heterocycles. The smallest absolute Gasteiger partial charge is 0.263 e. The minimum absolute atomic E-state index is 0.129. The predicted octanol–water partition coefficient (Wildman–Crippen LogP) is 3.37. The molecule has 4 rings (SSSR count). The third kappa shape index (κ3) is 3.63. The van der Waals surface area contributed by atoms with Gasteiger partial charge >= 0.3 is 0 Å². The first-order valence-corrected chi connectivity index (χ1v) is 10.4. The molecule has 2 aromatic carbocycles. The molecule has 0 radical (unpaired) electrons. The van der Waals surface area contributed by atoms with Crippen LogP contribution in [0.2, 0.25) is 0 Å². The molecule has 0 bridgehead atoms. The van der Waals surface area contributed by atoms with E-state index in [1.165, 1.54) is 24.8 Å². The molecule has 7 nitrogen and oxygen atoms in total. The van der Waals surface area contributed by atoms with Gasteiger partial charge in [-0.05, 0) is 60.9 Å². The van der Waals surface area contributed by atoms with E-state index in [2.05, 4.69) is 32.0 Å². The van der Waals surface area contributed by atoms with E-state index < -0.39 is 10.0 Å². The van der Waals surface area contributed by atoms with Gasteiger partial charge in [0.1, 0.15) is 5.75 Å². The molecule has 0 aliphatic carbocycles. The van der Waals surface area contributed by atoms with Crippen LogP contribution in [0.25, 0.3) is 0 Å². The minimum atomic E-state index is -3.75. The lowest BCUT2D eigenvalue weighted by atomic mass is 10.0. The summed E-state index contributed by atoms with van der Waals surface area (Å²) in [7, 11) is -2.22. The lowest BCUT2D eigenvalue weighted by molar-refractivity contribution is 0.414. The molecule has 1 aromatic heterocycles. The van der Waals surface area contributed by atoms with Crippen LogP contribution in [0, 0.1) is 0 Å². The number of fused-ring (bicyclic) bond motifs is 1. The van der Waals surface area contributed by atoms with E-state index >= 15 is 0 Å². The van der Waals surface area contributed by atoms with Gasteiger partial charge in [-0.2, -0.15) is 0 Å². The van der Waals surface area contributed by atoms with E-state index in [9.17, 15) is 8.42 Å². The van der Waals surface area contributed by atoms with Crippen molar-refractivity contribution in [3.05, 3.63) is 66.2 Å². The Balaban J connectivity index is 1.54. The van der Waals surface area contributed by atoms with Crippen LogP contribution in [-0.4, -0.2) is 32.3 Å². The number of nitrogens with zero attached hydrogens (tertiary/aromatic N) is 3. The minimum Gasteiger partial charge on any atom is -0.497 e. The molecule has 0 saturated heterocycles. The van der Waals surface area contributed by atoms with Crippen molar-refractivity contribution in [2.75, 3.05) is 23.3 Å². The molecule has 0 atom stereocenters. The molecule has 8 heteroatoms. The average Bonchev–Trinajstić information content (AvgIpc) is 2.74. The Labute approximate surface area is 164 Å². The Morgan fingerprint density at radius 2 is 1.79 bits per heavy atom. The fraction of sp³-hybridized carbons (Fsp3) is 0.200. The molecule has 144 valence electrons. The Morgan fingerprint density at radius 1 is 1.00 bits per heavy atom. The van der Waals surface area contributed by atoms with Crippen molar-refractivity contribution >= 4 is 27.3 Å². The summed E-state index contributed by atoms with van der Waals surface area (Å²) in [5.74, 6) is 1.45. The van der Waals surface area contributed by atoms with Crippen LogP contribution in [0.3, 0.4) is 0 Å². The Bertz CT molecular complexity index is 1070. The molecular weight excluding hydrogens is 376 g/mol. The van der Waals surface area contributed by atoms with Crippen LogP contribution in [0.5, 0.6) is 5.75 Å². The van der Waals surface area contributed by atoms with Gasteiger partial charge in [-0.3, -0.25) is 4.72 Å². The first-order chi connectivity index (χ1) is 13.6. The number of para-hydroxylation sites is 1. The summed E-state index contributed by atoms with van der Waals surface area (Å²) >= 11 is 0. The maximum atomic E-state index is 12.5. The molecular formula is C20H20N4O3S. The zero-order valence-electron chi connectivity index (χ0n) is 15.4. The molecule has 1 aliphatic rings. The average molecular weight is 396 g/mol. The number of benzene rings is 2. The molecule has 0 saturated carbocycles. The third-order valence-corrected chi connectivity index (χ3v) is 6.02. The Morgan fingerprint density at radius 3 is 2.50 bits per heavy atom. The Hall–Kier alpha value is -3.13. The summed E-state index contributed by atoms with van der Waals surface area (Å²) in [4.78, 5) is 2.23. The molecule has 1 N–H and O–H groups in total. The fourth-order valence-corrected chi connectivity index (χ4v) is 4.24. The first-order valence-electron chi connectivity index (χ1n) is 8.93. The van der Waals surface area contributed by atoms with Crippen LogP contribution in [0.15, 0.2) is 65.6 Å². The molecule has 3 aromatic rings. The normalized spacial score (nSPS) is 13.7. The van der Waals surface area contributed by atoms with Crippen LogP contribution in [0.1, 0.15) is 12.0 Å². The number of ether oxygens (including phenoxy) is 1. The van der Waals surface area contributed by atoms with Crippen molar-refractivity contribution in [1.29, 1.82) is 0 Å². The molecule has 28 heavy (non-hydrogen) atoms. The highest BCUT2D eigenvalue weighted by atomic mass is 32.2. The molecule has 1 aliphatic heterocycles. The molecule has 0 unspecified atom stereocenters. The maximum Gasteiger partial charge on any atom is 0.263 e. The maximum absolute atomic E-state index is 12.5. The van der Waals surface area contributed by atoms with Gasteiger partial charge in [0.2, 0.25) is 0 Å². The summed E-state index contributed by atoms with van der Waals surface area (Å²) in [5.41, 5.74) is 2.40. The van der Waals surface area contributed by atoms with Gasteiger partial charge < -0.3 is 9.64 Å².